The van der Waals surface area contributed by atoms with Gasteiger partial charge >= 0.3 is 5.97 Å². The Labute approximate surface area is 202 Å². The van der Waals surface area contributed by atoms with Gasteiger partial charge in [-0.15, -0.1) is 6.58 Å². The molecule has 174 valence electrons. The Morgan fingerprint density at radius 1 is 1.29 bits per heavy atom. The molecule has 6 rings (SSSR count). The number of rotatable bonds is 6. The van der Waals surface area contributed by atoms with Crippen molar-refractivity contribution in [3.63, 3.8) is 0 Å². The summed E-state index contributed by atoms with van der Waals surface area (Å²) >= 11 is 6.24. The van der Waals surface area contributed by atoms with Crippen LogP contribution in [0.25, 0.3) is 10.9 Å². The second-order valence-corrected chi connectivity index (χ2v) is 9.32. The van der Waals surface area contributed by atoms with Crippen LogP contribution in [0.1, 0.15) is 34.9 Å². The molecule has 7 nitrogen and oxygen atoms in total. The van der Waals surface area contributed by atoms with Crippen molar-refractivity contribution in [2.75, 3.05) is 13.1 Å². The number of carbonyl (C=O) groups excluding carboxylic acids is 1. The smallest absolute Gasteiger partial charge is 0.340 e. The fourth-order valence-electron chi connectivity index (χ4n) is 5.37. The van der Waals surface area contributed by atoms with Crippen LogP contribution in [-0.4, -0.2) is 39.9 Å². The summed E-state index contributed by atoms with van der Waals surface area (Å²) in [6.07, 6.45) is 5.21. The molecule has 0 spiro atoms. The number of pyridine rings is 1. The van der Waals surface area contributed by atoms with E-state index in [1.165, 1.54) is 18.2 Å². The molecule has 0 amide bonds. The highest BCUT2D eigenvalue weighted by Crippen LogP contribution is 2.43. The van der Waals surface area contributed by atoms with Crippen molar-refractivity contribution in [2.45, 2.75) is 25.0 Å². The Hall–Kier alpha value is -3.29. The van der Waals surface area contributed by atoms with Crippen LogP contribution in [0, 0.1) is 22.0 Å². The highest BCUT2D eigenvalue weighted by molar-refractivity contribution is 6.33. The van der Waals surface area contributed by atoms with Crippen LogP contribution >= 0.6 is 11.6 Å². The van der Waals surface area contributed by atoms with Crippen molar-refractivity contribution in [2.24, 2.45) is 11.8 Å². The van der Waals surface area contributed by atoms with E-state index in [4.69, 9.17) is 16.3 Å². The lowest BCUT2D eigenvalue weighted by molar-refractivity contribution is -0.384. The summed E-state index contributed by atoms with van der Waals surface area (Å²) < 4.78 is 6.18. The van der Waals surface area contributed by atoms with Gasteiger partial charge in [0.05, 0.1) is 27.1 Å². The summed E-state index contributed by atoms with van der Waals surface area (Å²) in [6.45, 7) is 5.83. The highest BCUT2D eigenvalue weighted by Gasteiger charge is 2.44. The van der Waals surface area contributed by atoms with Crippen LogP contribution in [0.3, 0.4) is 0 Å². The van der Waals surface area contributed by atoms with Crippen molar-refractivity contribution in [1.29, 1.82) is 0 Å². The van der Waals surface area contributed by atoms with E-state index in [2.05, 4.69) is 16.5 Å². The number of piperidine rings is 3. The van der Waals surface area contributed by atoms with E-state index in [0.29, 0.717) is 11.8 Å². The first kappa shape index (κ1) is 22.5. The number of nitro benzene ring substituents is 1. The van der Waals surface area contributed by atoms with E-state index in [0.717, 1.165) is 42.4 Å². The highest BCUT2D eigenvalue weighted by atomic mass is 35.5. The van der Waals surface area contributed by atoms with Gasteiger partial charge < -0.3 is 4.74 Å². The molecule has 3 saturated heterocycles. The normalized spacial score (nSPS) is 24.5. The number of esters is 1. The zero-order valence-electron chi connectivity index (χ0n) is 18.5. The van der Waals surface area contributed by atoms with Gasteiger partial charge in [0.25, 0.3) is 5.69 Å². The Kier molecular flexibility index (Phi) is 6.06. The van der Waals surface area contributed by atoms with Gasteiger partial charge in [0.15, 0.2) is 0 Å². The maximum absolute atomic E-state index is 13.3. The maximum Gasteiger partial charge on any atom is 0.340 e. The maximum atomic E-state index is 13.3. The first-order valence-electron chi connectivity index (χ1n) is 11.3. The summed E-state index contributed by atoms with van der Waals surface area (Å²) in [4.78, 5) is 30.7. The molecule has 1 unspecified atom stereocenters. The molecule has 0 N–H and O–H groups in total. The topological polar surface area (TPSA) is 85.6 Å². The first-order valence-corrected chi connectivity index (χ1v) is 11.7. The van der Waals surface area contributed by atoms with Crippen LogP contribution < -0.4 is 0 Å². The number of halogens is 1. The summed E-state index contributed by atoms with van der Waals surface area (Å²) in [6, 6.07) is 13.5. The molecule has 3 aliphatic rings. The molecule has 0 radical (unpaired) electrons. The number of hydrogen-bond donors (Lipinski definition) is 0. The molecule has 0 aliphatic carbocycles. The number of non-ortho nitro benzene ring substituents is 1. The van der Waals surface area contributed by atoms with Crippen molar-refractivity contribution in [1.82, 2.24) is 9.88 Å². The van der Waals surface area contributed by atoms with E-state index < -0.39 is 17.0 Å². The van der Waals surface area contributed by atoms with Gasteiger partial charge in [-0.25, -0.2) is 4.79 Å². The summed E-state index contributed by atoms with van der Waals surface area (Å²) in [5.74, 6) is 0.318. The van der Waals surface area contributed by atoms with Gasteiger partial charge in [0.2, 0.25) is 0 Å². The third-order valence-electron chi connectivity index (χ3n) is 7.11. The largest absolute Gasteiger partial charge is 0.452 e. The van der Waals surface area contributed by atoms with Crippen LogP contribution in [-0.2, 0) is 4.74 Å². The molecule has 8 heteroatoms. The summed E-state index contributed by atoms with van der Waals surface area (Å²) in [5.41, 5.74) is 1.65. The molecule has 0 saturated carbocycles. The fourth-order valence-corrected chi connectivity index (χ4v) is 5.62. The number of ether oxygens (including phenoxy) is 1. The molecular weight excluding hydrogens is 454 g/mol. The minimum Gasteiger partial charge on any atom is -0.452 e. The van der Waals surface area contributed by atoms with Crippen molar-refractivity contribution in [3.8, 4) is 0 Å². The van der Waals surface area contributed by atoms with Gasteiger partial charge in [-0.2, -0.15) is 0 Å². The number of nitrogens with zero attached hydrogens (tertiary/aromatic N) is 3. The Bertz CT molecular complexity index is 1270. The second-order valence-electron chi connectivity index (χ2n) is 8.91. The molecule has 2 aromatic carbocycles. The fraction of sp³-hybridized carbons (Fsp3) is 0.308. The molecule has 34 heavy (non-hydrogen) atoms. The third-order valence-corrected chi connectivity index (χ3v) is 7.42. The van der Waals surface area contributed by atoms with Crippen LogP contribution in [0.5, 0.6) is 0 Å². The Morgan fingerprint density at radius 3 is 2.82 bits per heavy atom. The van der Waals surface area contributed by atoms with Gasteiger partial charge in [-0.3, -0.25) is 20.0 Å². The van der Waals surface area contributed by atoms with Crippen molar-refractivity contribution < 1.29 is 14.5 Å². The van der Waals surface area contributed by atoms with Gasteiger partial charge in [-0.1, -0.05) is 35.9 Å². The average molecular weight is 478 g/mol. The number of nitro groups is 1. The van der Waals surface area contributed by atoms with E-state index >= 15 is 0 Å². The first-order chi connectivity index (χ1) is 16.5. The number of benzene rings is 2. The van der Waals surface area contributed by atoms with Crippen molar-refractivity contribution >= 4 is 34.2 Å². The number of hydrogen-bond acceptors (Lipinski definition) is 6. The quantitative estimate of drug-likeness (QED) is 0.199. The van der Waals surface area contributed by atoms with E-state index in [9.17, 15) is 14.9 Å². The number of carbonyl (C=O) groups is 1. The van der Waals surface area contributed by atoms with E-state index in [-0.39, 0.29) is 22.3 Å². The molecule has 4 heterocycles. The van der Waals surface area contributed by atoms with Crippen molar-refractivity contribution in [3.05, 3.63) is 93.6 Å². The lowest BCUT2D eigenvalue weighted by Crippen LogP contribution is -2.55. The lowest BCUT2D eigenvalue weighted by Gasteiger charge is -2.51. The molecule has 5 atom stereocenters. The monoisotopic (exact) mass is 477 g/mol. The predicted octanol–water partition coefficient (Wildman–Crippen LogP) is 5.59. The summed E-state index contributed by atoms with van der Waals surface area (Å²) in [5, 5.41) is 12.0. The zero-order chi connectivity index (χ0) is 23.8. The van der Waals surface area contributed by atoms with Crippen LogP contribution in [0.15, 0.2) is 67.4 Å². The third kappa shape index (κ3) is 4.06. The lowest BCUT2D eigenvalue weighted by atomic mass is 9.73. The molecule has 3 aromatic rings. The number of fused-ring (bicyclic) bond motifs is 4. The van der Waals surface area contributed by atoms with Gasteiger partial charge in [0.1, 0.15) is 6.10 Å². The SMILES string of the molecule is C=C[C@H]1CN2CC[C@H]1C[C@H]2[C@H](OC(=O)c1ccc([N+](=O)[O-])cc1Cl)c1ccnc2ccccc12. The molecule has 1 aromatic heterocycles. The molecule has 3 fully saturated rings. The van der Waals surface area contributed by atoms with E-state index in [1.54, 1.807) is 6.20 Å². The molecular formula is C26H24ClN3O4. The van der Waals surface area contributed by atoms with Crippen LogP contribution in [0.2, 0.25) is 5.02 Å². The average Bonchev–Trinajstić information content (AvgIpc) is 2.87. The number of aromatic nitrogens is 1. The standard InChI is InChI=1S/C26H24ClN3O4/c1-2-16-15-29-12-10-17(16)13-24(29)25(20-9-11-28-23-6-4-3-5-19(20)23)34-26(31)21-8-7-18(30(32)33)14-22(21)27/h2-9,11,14,16-17,24-25H,1,10,12-13,15H2/t16-,17-,24-,25+/m0/s1. The van der Waals surface area contributed by atoms with Gasteiger partial charge in [-0.05, 0) is 49.4 Å². The minimum atomic E-state index is -0.603. The second kappa shape index (κ2) is 9.16. The van der Waals surface area contributed by atoms with Crippen LogP contribution in [0.4, 0.5) is 5.69 Å². The van der Waals surface area contributed by atoms with Gasteiger partial charge in [0, 0.05) is 35.8 Å². The Balaban J connectivity index is 1.53. The minimum absolute atomic E-state index is 0.00142. The summed E-state index contributed by atoms with van der Waals surface area (Å²) in [7, 11) is 0. The van der Waals surface area contributed by atoms with E-state index in [1.807, 2.05) is 36.4 Å². The number of para-hydroxylation sites is 1. The predicted molar refractivity (Wildman–Crippen MR) is 130 cm³/mol. The zero-order valence-corrected chi connectivity index (χ0v) is 19.2. The molecule has 2 bridgehead atoms. The Morgan fingerprint density at radius 2 is 2.12 bits per heavy atom. The molecule has 3 aliphatic heterocycles.